The van der Waals surface area contributed by atoms with Gasteiger partial charge in [-0.25, -0.2) is 4.39 Å². The zero-order valence-electron chi connectivity index (χ0n) is 13.8. The Bertz CT molecular complexity index is 1010. The van der Waals surface area contributed by atoms with Gasteiger partial charge in [0.05, 0.1) is 5.02 Å². The van der Waals surface area contributed by atoms with Gasteiger partial charge >= 0.3 is 0 Å². The second-order valence-corrected chi connectivity index (χ2v) is 6.47. The lowest BCUT2D eigenvalue weighted by Crippen LogP contribution is -2.14. The Morgan fingerprint density at radius 2 is 1.37 bits per heavy atom. The number of hydrogen-bond donors (Lipinski definition) is 2. The van der Waals surface area contributed by atoms with Gasteiger partial charge in [-0.05, 0) is 60.7 Å². The smallest absolute Gasteiger partial charge is 0.255 e. The molecule has 0 spiro atoms. The van der Waals surface area contributed by atoms with Gasteiger partial charge in [-0.2, -0.15) is 0 Å². The van der Waals surface area contributed by atoms with Crippen LogP contribution in [0, 0.1) is 5.82 Å². The number of carbonyl (C=O) groups excluding carboxylic acids is 2. The lowest BCUT2D eigenvalue weighted by Gasteiger charge is -2.09. The Balaban J connectivity index is 1.72. The van der Waals surface area contributed by atoms with Gasteiger partial charge in [0, 0.05) is 27.5 Å². The van der Waals surface area contributed by atoms with E-state index in [0.29, 0.717) is 27.5 Å². The fourth-order valence-electron chi connectivity index (χ4n) is 2.32. The van der Waals surface area contributed by atoms with Gasteiger partial charge in [-0.3, -0.25) is 9.59 Å². The molecule has 3 rings (SSSR count). The van der Waals surface area contributed by atoms with Crippen LogP contribution in [0.15, 0.2) is 66.7 Å². The Labute approximate surface area is 164 Å². The van der Waals surface area contributed by atoms with Gasteiger partial charge < -0.3 is 10.6 Å². The van der Waals surface area contributed by atoms with Crippen LogP contribution in [0.5, 0.6) is 0 Å². The van der Waals surface area contributed by atoms with Crippen LogP contribution >= 0.6 is 23.2 Å². The maximum absolute atomic E-state index is 13.2. The highest BCUT2D eigenvalue weighted by Crippen LogP contribution is 2.20. The third-order valence-corrected chi connectivity index (χ3v) is 4.21. The van der Waals surface area contributed by atoms with Crippen LogP contribution in [-0.2, 0) is 0 Å². The van der Waals surface area contributed by atoms with E-state index in [0.717, 1.165) is 0 Å². The number of nitrogens with one attached hydrogen (secondary N) is 2. The van der Waals surface area contributed by atoms with E-state index < -0.39 is 11.7 Å². The molecule has 0 aliphatic rings. The zero-order chi connectivity index (χ0) is 19.4. The Morgan fingerprint density at radius 1 is 0.741 bits per heavy atom. The lowest BCUT2D eigenvalue weighted by molar-refractivity contribution is 0.101. The molecular formula is C20H13Cl2FN2O2. The molecule has 0 aliphatic heterocycles. The van der Waals surface area contributed by atoms with Crippen LogP contribution in [0.4, 0.5) is 15.8 Å². The summed E-state index contributed by atoms with van der Waals surface area (Å²) < 4.78 is 13.2. The van der Waals surface area contributed by atoms with E-state index in [-0.39, 0.29) is 10.9 Å². The summed E-state index contributed by atoms with van der Waals surface area (Å²) in [5, 5.41) is 5.80. The van der Waals surface area contributed by atoms with Crippen LogP contribution in [0.3, 0.4) is 0 Å². The highest BCUT2D eigenvalue weighted by molar-refractivity contribution is 6.31. The van der Waals surface area contributed by atoms with Crippen molar-refractivity contribution in [2.24, 2.45) is 0 Å². The quantitative estimate of drug-likeness (QED) is 0.593. The minimum absolute atomic E-state index is 0.0863. The predicted molar refractivity (Wildman–Crippen MR) is 105 cm³/mol. The monoisotopic (exact) mass is 402 g/mol. The maximum atomic E-state index is 13.2. The van der Waals surface area contributed by atoms with Crippen molar-refractivity contribution in [3.63, 3.8) is 0 Å². The van der Waals surface area contributed by atoms with Crippen molar-refractivity contribution < 1.29 is 14.0 Å². The van der Waals surface area contributed by atoms with Crippen LogP contribution in [0.25, 0.3) is 0 Å². The Kier molecular flexibility index (Phi) is 5.74. The van der Waals surface area contributed by atoms with E-state index in [1.165, 1.54) is 24.3 Å². The van der Waals surface area contributed by atoms with E-state index in [1.54, 1.807) is 42.5 Å². The van der Waals surface area contributed by atoms with Crippen molar-refractivity contribution in [2.75, 3.05) is 10.6 Å². The topological polar surface area (TPSA) is 58.2 Å². The molecule has 0 saturated carbocycles. The van der Waals surface area contributed by atoms with Crippen molar-refractivity contribution in [1.29, 1.82) is 0 Å². The summed E-state index contributed by atoms with van der Waals surface area (Å²) in [6.07, 6.45) is 0. The van der Waals surface area contributed by atoms with Crippen molar-refractivity contribution >= 4 is 46.4 Å². The van der Waals surface area contributed by atoms with E-state index in [9.17, 15) is 14.0 Å². The second-order valence-electron chi connectivity index (χ2n) is 5.62. The molecule has 0 heterocycles. The first-order valence-corrected chi connectivity index (χ1v) is 8.61. The van der Waals surface area contributed by atoms with E-state index in [2.05, 4.69) is 10.6 Å². The third kappa shape index (κ3) is 4.84. The standard InChI is InChI=1S/C20H13Cl2FN2O2/c21-14-6-4-12(5-7-14)19(26)24-15-3-1-2-13(10-15)20(27)25-16-8-9-18(23)17(22)11-16/h1-11H,(H,24,26)(H,25,27). The molecule has 3 aromatic carbocycles. The Morgan fingerprint density at radius 3 is 2.04 bits per heavy atom. The largest absolute Gasteiger partial charge is 0.322 e. The zero-order valence-corrected chi connectivity index (χ0v) is 15.3. The number of halogens is 3. The normalized spacial score (nSPS) is 10.3. The summed E-state index contributed by atoms with van der Waals surface area (Å²) in [5.74, 6) is -1.31. The first kappa shape index (κ1) is 18.9. The van der Waals surface area contributed by atoms with Crippen LogP contribution in [0.1, 0.15) is 20.7 Å². The van der Waals surface area contributed by atoms with Crippen molar-refractivity contribution in [2.45, 2.75) is 0 Å². The molecule has 0 atom stereocenters. The maximum Gasteiger partial charge on any atom is 0.255 e. The molecule has 0 aromatic heterocycles. The number of amides is 2. The highest BCUT2D eigenvalue weighted by Gasteiger charge is 2.11. The molecule has 27 heavy (non-hydrogen) atoms. The average molecular weight is 403 g/mol. The van der Waals surface area contributed by atoms with Crippen molar-refractivity contribution in [3.05, 3.63) is 93.7 Å². The van der Waals surface area contributed by atoms with Gasteiger partial charge in [0.25, 0.3) is 11.8 Å². The molecule has 3 aromatic rings. The summed E-state index contributed by atoms with van der Waals surface area (Å²) in [7, 11) is 0. The molecule has 2 N–H and O–H groups in total. The summed E-state index contributed by atoms with van der Waals surface area (Å²) in [6.45, 7) is 0. The summed E-state index contributed by atoms with van der Waals surface area (Å²) in [5.41, 5.74) is 1.58. The van der Waals surface area contributed by atoms with Gasteiger partial charge in [-0.1, -0.05) is 29.3 Å². The number of carbonyl (C=O) groups is 2. The van der Waals surface area contributed by atoms with Crippen molar-refractivity contribution in [3.8, 4) is 0 Å². The van der Waals surface area contributed by atoms with Crippen LogP contribution in [0.2, 0.25) is 10.0 Å². The van der Waals surface area contributed by atoms with E-state index in [4.69, 9.17) is 23.2 Å². The predicted octanol–water partition coefficient (Wildman–Crippen LogP) is 5.64. The lowest BCUT2D eigenvalue weighted by atomic mass is 10.1. The minimum atomic E-state index is -0.568. The molecule has 136 valence electrons. The highest BCUT2D eigenvalue weighted by atomic mass is 35.5. The van der Waals surface area contributed by atoms with Gasteiger partial charge in [0.15, 0.2) is 0 Å². The molecule has 0 aliphatic carbocycles. The summed E-state index contributed by atoms with van der Waals surface area (Å²) in [4.78, 5) is 24.6. The SMILES string of the molecule is O=C(Nc1cccc(C(=O)Nc2ccc(F)c(Cl)c2)c1)c1ccc(Cl)cc1. The third-order valence-electron chi connectivity index (χ3n) is 3.67. The minimum Gasteiger partial charge on any atom is -0.322 e. The molecule has 0 saturated heterocycles. The number of hydrogen-bond acceptors (Lipinski definition) is 2. The van der Waals surface area contributed by atoms with Gasteiger partial charge in [0.1, 0.15) is 5.82 Å². The van der Waals surface area contributed by atoms with Gasteiger partial charge in [0.2, 0.25) is 0 Å². The molecule has 2 amide bonds. The molecular weight excluding hydrogens is 390 g/mol. The first-order valence-electron chi connectivity index (χ1n) is 7.86. The second kappa shape index (κ2) is 8.20. The first-order chi connectivity index (χ1) is 12.9. The van der Waals surface area contributed by atoms with Gasteiger partial charge in [-0.15, -0.1) is 0 Å². The van der Waals surface area contributed by atoms with Crippen molar-refractivity contribution in [1.82, 2.24) is 0 Å². The number of anilines is 2. The molecule has 0 radical (unpaired) electrons. The van der Waals surface area contributed by atoms with Crippen LogP contribution in [-0.4, -0.2) is 11.8 Å². The number of benzene rings is 3. The van der Waals surface area contributed by atoms with E-state index >= 15 is 0 Å². The molecule has 0 fully saturated rings. The van der Waals surface area contributed by atoms with E-state index in [1.807, 2.05) is 0 Å². The number of rotatable bonds is 4. The fourth-order valence-corrected chi connectivity index (χ4v) is 2.63. The summed E-state index contributed by atoms with van der Waals surface area (Å²) >= 11 is 11.5. The molecule has 4 nitrogen and oxygen atoms in total. The summed E-state index contributed by atoms with van der Waals surface area (Å²) in [6, 6.07) is 16.8. The average Bonchev–Trinajstić information content (AvgIpc) is 2.65. The molecule has 7 heteroatoms. The Hall–Kier alpha value is -2.89. The molecule has 0 unspecified atom stereocenters. The van der Waals surface area contributed by atoms with Crippen LogP contribution < -0.4 is 10.6 Å². The fraction of sp³-hybridized carbons (Fsp3) is 0. The molecule has 0 bridgehead atoms.